The number of hydrogen-bond acceptors (Lipinski definition) is 5. The molecule has 0 radical (unpaired) electrons. The van der Waals surface area contributed by atoms with Crippen molar-refractivity contribution < 1.29 is 13.2 Å². The molecule has 1 heterocycles. The van der Waals surface area contributed by atoms with E-state index >= 15 is 0 Å². The van der Waals surface area contributed by atoms with Crippen LogP contribution in [0.1, 0.15) is 38.1 Å². The molecule has 7 heteroatoms. The van der Waals surface area contributed by atoms with Crippen LogP contribution in [0.25, 0.3) is 0 Å². The van der Waals surface area contributed by atoms with Gasteiger partial charge in [0.1, 0.15) is 0 Å². The van der Waals surface area contributed by atoms with Crippen molar-refractivity contribution in [3.8, 4) is 0 Å². The first-order valence-corrected chi connectivity index (χ1v) is 10.1. The van der Waals surface area contributed by atoms with Crippen LogP contribution in [0.5, 0.6) is 0 Å². The van der Waals surface area contributed by atoms with Gasteiger partial charge in [0.05, 0.1) is 22.8 Å². The zero-order valence-corrected chi connectivity index (χ0v) is 15.6. The van der Waals surface area contributed by atoms with Crippen molar-refractivity contribution in [2.45, 2.75) is 39.8 Å². The van der Waals surface area contributed by atoms with Crippen LogP contribution in [0.3, 0.4) is 0 Å². The van der Waals surface area contributed by atoms with Gasteiger partial charge in [-0.1, -0.05) is 0 Å². The molecule has 1 aliphatic rings. The Kier molecular flexibility index (Phi) is 5.42. The Bertz CT molecular complexity index is 692. The third-order valence-electron chi connectivity index (χ3n) is 4.27. The van der Waals surface area contributed by atoms with Gasteiger partial charge in [-0.15, -0.1) is 0 Å². The van der Waals surface area contributed by atoms with Crippen LogP contribution < -0.4 is 10.6 Å². The topological polar surface area (TPSA) is 83.7 Å². The predicted octanol–water partition coefficient (Wildman–Crippen LogP) is 1.76. The first-order valence-electron chi connectivity index (χ1n) is 8.30. The molecule has 1 aromatic carbocycles. The minimum atomic E-state index is -3.02. The van der Waals surface area contributed by atoms with E-state index in [0.717, 1.165) is 5.69 Å². The Labute approximate surface area is 144 Å². The fraction of sp³-hybridized carbons (Fsp3) is 0.588. The zero-order valence-electron chi connectivity index (χ0n) is 14.8. The average Bonchev–Trinajstić information content (AvgIpc) is 2.46. The highest BCUT2D eigenvalue weighted by atomic mass is 32.2. The molecule has 1 fully saturated rings. The smallest absolute Gasteiger partial charge is 0.256 e. The minimum Gasteiger partial charge on any atom is -0.399 e. The molecule has 0 atom stereocenters. The summed E-state index contributed by atoms with van der Waals surface area (Å²) in [6.07, 6.45) is 0. The standard InChI is InChI=1S/C17H27N3O3S/c1-12(2)20(13(3)4)16-11-14(18)5-6-15(16)17(21)19-7-9-24(22,23)10-8-19/h5-6,11-13H,7-10,18H2,1-4H3. The highest BCUT2D eigenvalue weighted by molar-refractivity contribution is 7.91. The molecular formula is C17H27N3O3S. The van der Waals surface area contributed by atoms with Gasteiger partial charge in [0, 0.05) is 30.9 Å². The van der Waals surface area contributed by atoms with Crippen molar-refractivity contribution in [1.29, 1.82) is 0 Å². The molecule has 0 aromatic heterocycles. The summed E-state index contributed by atoms with van der Waals surface area (Å²) in [6.45, 7) is 8.79. The summed E-state index contributed by atoms with van der Waals surface area (Å²) in [6, 6.07) is 5.71. The zero-order chi connectivity index (χ0) is 18.1. The van der Waals surface area contributed by atoms with Crippen LogP contribution in [0.2, 0.25) is 0 Å². The van der Waals surface area contributed by atoms with Gasteiger partial charge in [-0.2, -0.15) is 0 Å². The van der Waals surface area contributed by atoms with E-state index in [0.29, 0.717) is 11.3 Å². The Morgan fingerprint density at radius 2 is 1.67 bits per heavy atom. The largest absolute Gasteiger partial charge is 0.399 e. The molecule has 24 heavy (non-hydrogen) atoms. The summed E-state index contributed by atoms with van der Waals surface area (Å²) in [7, 11) is -3.02. The van der Waals surface area contributed by atoms with Crippen LogP contribution >= 0.6 is 0 Å². The molecule has 1 aromatic rings. The number of nitrogens with zero attached hydrogens (tertiary/aromatic N) is 2. The third kappa shape index (κ3) is 4.01. The molecule has 0 saturated carbocycles. The van der Waals surface area contributed by atoms with Gasteiger partial charge >= 0.3 is 0 Å². The van der Waals surface area contributed by atoms with E-state index in [1.807, 2.05) is 6.07 Å². The first kappa shape index (κ1) is 18.6. The van der Waals surface area contributed by atoms with Gasteiger partial charge < -0.3 is 15.5 Å². The second-order valence-corrected chi connectivity index (χ2v) is 9.12. The molecular weight excluding hydrogens is 326 g/mol. The molecule has 2 N–H and O–H groups in total. The van der Waals surface area contributed by atoms with E-state index in [1.54, 1.807) is 17.0 Å². The van der Waals surface area contributed by atoms with E-state index in [1.165, 1.54) is 0 Å². The van der Waals surface area contributed by atoms with E-state index in [-0.39, 0.29) is 42.6 Å². The summed E-state index contributed by atoms with van der Waals surface area (Å²) in [5.41, 5.74) is 7.93. The fourth-order valence-corrected chi connectivity index (χ4v) is 4.38. The lowest BCUT2D eigenvalue weighted by Crippen LogP contribution is -2.45. The maximum Gasteiger partial charge on any atom is 0.256 e. The van der Waals surface area contributed by atoms with E-state index in [2.05, 4.69) is 32.6 Å². The van der Waals surface area contributed by atoms with Gasteiger partial charge in [0.15, 0.2) is 9.84 Å². The number of carbonyl (C=O) groups excluding carboxylic acids is 1. The monoisotopic (exact) mass is 353 g/mol. The quantitative estimate of drug-likeness (QED) is 0.834. The Morgan fingerprint density at radius 3 is 2.17 bits per heavy atom. The number of sulfone groups is 1. The summed E-state index contributed by atoms with van der Waals surface area (Å²) in [4.78, 5) is 16.7. The van der Waals surface area contributed by atoms with Gasteiger partial charge in [0.2, 0.25) is 0 Å². The molecule has 134 valence electrons. The number of nitrogen functional groups attached to an aromatic ring is 1. The van der Waals surface area contributed by atoms with Gasteiger partial charge in [0.25, 0.3) is 5.91 Å². The van der Waals surface area contributed by atoms with Crippen LogP contribution in [-0.2, 0) is 9.84 Å². The number of carbonyl (C=O) groups is 1. The van der Waals surface area contributed by atoms with Crippen molar-refractivity contribution in [1.82, 2.24) is 4.90 Å². The Balaban J connectivity index is 2.38. The number of benzene rings is 1. The normalized spacial score (nSPS) is 17.3. The molecule has 0 unspecified atom stereocenters. The average molecular weight is 353 g/mol. The summed E-state index contributed by atoms with van der Waals surface area (Å²) < 4.78 is 23.2. The predicted molar refractivity (Wildman–Crippen MR) is 98.2 cm³/mol. The summed E-state index contributed by atoms with van der Waals surface area (Å²) in [5.74, 6) is -0.0754. The molecule has 1 aliphatic heterocycles. The SMILES string of the molecule is CC(C)N(c1cc(N)ccc1C(=O)N1CCS(=O)(=O)CC1)C(C)C. The van der Waals surface area contributed by atoms with E-state index in [4.69, 9.17) is 5.73 Å². The second-order valence-electron chi connectivity index (χ2n) is 6.82. The molecule has 1 amide bonds. The van der Waals surface area contributed by atoms with Gasteiger partial charge in [-0.3, -0.25) is 4.79 Å². The van der Waals surface area contributed by atoms with Gasteiger partial charge in [-0.25, -0.2) is 8.42 Å². The number of hydrogen-bond donors (Lipinski definition) is 1. The molecule has 0 bridgehead atoms. The molecule has 1 saturated heterocycles. The van der Waals surface area contributed by atoms with Gasteiger partial charge in [-0.05, 0) is 45.9 Å². The maximum absolute atomic E-state index is 13.0. The van der Waals surface area contributed by atoms with Crippen molar-refractivity contribution >= 4 is 27.1 Å². The van der Waals surface area contributed by atoms with E-state index in [9.17, 15) is 13.2 Å². The van der Waals surface area contributed by atoms with Crippen LogP contribution in [-0.4, -0.2) is 55.9 Å². The van der Waals surface area contributed by atoms with Crippen LogP contribution in [0.15, 0.2) is 18.2 Å². The maximum atomic E-state index is 13.0. The second kappa shape index (κ2) is 7.01. The highest BCUT2D eigenvalue weighted by Crippen LogP contribution is 2.29. The van der Waals surface area contributed by atoms with E-state index < -0.39 is 9.84 Å². The minimum absolute atomic E-state index is 0.0289. The van der Waals surface area contributed by atoms with Crippen molar-refractivity contribution in [3.05, 3.63) is 23.8 Å². The lowest BCUT2D eigenvalue weighted by molar-refractivity contribution is 0.0771. The number of rotatable bonds is 4. The summed E-state index contributed by atoms with van der Waals surface area (Å²) in [5, 5.41) is 0. The fourth-order valence-electron chi connectivity index (χ4n) is 3.18. The molecule has 0 aliphatic carbocycles. The lowest BCUT2D eigenvalue weighted by Gasteiger charge is -2.36. The van der Waals surface area contributed by atoms with Crippen LogP contribution in [0.4, 0.5) is 11.4 Å². The van der Waals surface area contributed by atoms with Crippen molar-refractivity contribution in [3.63, 3.8) is 0 Å². The number of amides is 1. The summed E-state index contributed by atoms with van der Waals surface area (Å²) >= 11 is 0. The number of anilines is 2. The molecule has 6 nitrogen and oxygen atoms in total. The Hall–Kier alpha value is -1.76. The molecule has 0 spiro atoms. The van der Waals surface area contributed by atoms with Crippen molar-refractivity contribution in [2.75, 3.05) is 35.2 Å². The van der Waals surface area contributed by atoms with Crippen molar-refractivity contribution in [2.24, 2.45) is 0 Å². The highest BCUT2D eigenvalue weighted by Gasteiger charge is 2.29. The van der Waals surface area contributed by atoms with Crippen LogP contribution in [0, 0.1) is 0 Å². The third-order valence-corrected chi connectivity index (χ3v) is 5.88. The first-order chi connectivity index (χ1) is 11.1. The molecule has 2 rings (SSSR count). The lowest BCUT2D eigenvalue weighted by atomic mass is 10.1. The Morgan fingerprint density at radius 1 is 1.12 bits per heavy atom. The number of nitrogens with two attached hydrogens (primary N) is 1.